The van der Waals surface area contributed by atoms with Crippen LogP contribution in [0.2, 0.25) is 0 Å². The molecule has 5 nitrogen and oxygen atoms in total. The maximum Gasteiger partial charge on any atom is 0.183 e. The van der Waals surface area contributed by atoms with Crippen molar-refractivity contribution in [3.05, 3.63) is 23.3 Å². The predicted octanol–water partition coefficient (Wildman–Crippen LogP) is 4.99. The zero-order valence-electron chi connectivity index (χ0n) is 20.9. The highest BCUT2D eigenvalue weighted by atomic mass is 16.8. The van der Waals surface area contributed by atoms with Crippen LogP contribution in [0.4, 0.5) is 0 Å². The summed E-state index contributed by atoms with van der Waals surface area (Å²) >= 11 is 0. The Labute approximate surface area is 193 Å². The van der Waals surface area contributed by atoms with Crippen molar-refractivity contribution >= 4 is 0 Å². The first-order chi connectivity index (χ1) is 15.0. The number of ether oxygens (including phenoxy) is 4. The lowest BCUT2D eigenvalue weighted by Gasteiger charge is -2.46. The molecule has 32 heavy (non-hydrogen) atoms. The van der Waals surface area contributed by atoms with E-state index in [1.54, 1.807) is 14.2 Å². The summed E-state index contributed by atoms with van der Waals surface area (Å²) in [5.74, 6) is 0.236. The SMILES string of the molecule is CO[C@H]1O[C@@]2(OC)C[C@@](C)(O)[C@H]3C[C@@]4(C)CC[C@@]5(O[C@@H](C=C(C)C)C[C@@H]5C)[C@@H]4C/C=C/1[C@H]32. The lowest BCUT2D eigenvalue weighted by Crippen LogP contribution is -2.46. The van der Waals surface area contributed by atoms with Crippen LogP contribution >= 0.6 is 0 Å². The molecule has 2 aliphatic heterocycles. The van der Waals surface area contributed by atoms with Crippen LogP contribution in [-0.2, 0) is 18.9 Å². The molecule has 0 aromatic heterocycles. The fraction of sp³-hybridized carbons (Fsp3) is 0.852. The Hall–Kier alpha value is -0.720. The van der Waals surface area contributed by atoms with E-state index in [1.807, 2.05) is 6.92 Å². The van der Waals surface area contributed by atoms with Gasteiger partial charge in [-0.15, -0.1) is 0 Å². The molecule has 2 heterocycles. The first-order valence-corrected chi connectivity index (χ1v) is 12.5. The largest absolute Gasteiger partial charge is 0.390 e. The highest BCUT2D eigenvalue weighted by Crippen LogP contribution is 2.67. The summed E-state index contributed by atoms with van der Waals surface area (Å²) in [6, 6.07) is 0. The van der Waals surface area contributed by atoms with E-state index in [-0.39, 0.29) is 29.0 Å². The zero-order chi connectivity index (χ0) is 23.1. The van der Waals surface area contributed by atoms with Gasteiger partial charge in [0.15, 0.2) is 12.1 Å². The lowest BCUT2D eigenvalue weighted by atomic mass is 9.62. The summed E-state index contributed by atoms with van der Waals surface area (Å²) in [6.07, 6.45) is 10.2. The van der Waals surface area contributed by atoms with Crippen molar-refractivity contribution in [1.82, 2.24) is 0 Å². The summed E-state index contributed by atoms with van der Waals surface area (Å²) < 4.78 is 25.1. The second-order valence-electron chi connectivity index (χ2n) is 12.2. The minimum Gasteiger partial charge on any atom is -0.390 e. The highest BCUT2D eigenvalue weighted by molar-refractivity contribution is 5.29. The Balaban J connectivity index is 1.57. The molecule has 180 valence electrons. The molecule has 10 atom stereocenters. The maximum atomic E-state index is 11.6. The Morgan fingerprint density at radius 1 is 1.19 bits per heavy atom. The molecule has 5 aliphatic rings. The number of hydrogen-bond acceptors (Lipinski definition) is 5. The molecular weight excluding hydrogens is 404 g/mol. The highest BCUT2D eigenvalue weighted by Gasteiger charge is 2.70. The van der Waals surface area contributed by atoms with Crippen molar-refractivity contribution in [2.45, 2.75) is 103 Å². The average molecular weight is 447 g/mol. The number of aliphatic hydroxyl groups is 1. The van der Waals surface area contributed by atoms with Gasteiger partial charge in [0, 0.05) is 26.6 Å². The van der Waals surface area contributed by atoms with Gasteiger partial charge in [-0.05, 0) is 81.6 Å². The van der Waals surface area contributed by atoms with E-state index in [0.29, 0.717) is 18.3 Å². The van der Waals surface area contributed by atoms with Crippen molar-refractivity contribution in [2.75, 3.05) is 14.2 Å². The van der Waals surface area contributed by atoms with Crippen molar-refractivity contribution in [3.63, 3.8) is 0 Å². The monoisotopic (exact) mass is 446 g/mol. The van der Waals surface area contributed by atoms with Crippen molar-refractivity contribution in [3.8, 4) is 0 Å². The smallest absolute Gasteiger partial charge is 0.183 e. The first-order valence-electron chi connectivity index (χ1n) is 12.5. The van der Waals surface area contributed by atoms with Gasteiger partial charge in [-0.25, -0.2) is 0 Å². The summed E-state index contributed by atoms with van der Waals surface area (Å²) in [7, 11) is 3.41. The van der Waals surface area contributed by atoms with Gasteiger partial charge in [0.25, 0.3) is 0 Å². The quantitative estimate of drug-likeness (QED) is 0.619. The molecule has 3 aliphatic carbocycles. The molecule has 2 saturated carbocycles. The molecule has 1 N–H and O–H groups in total. The standard InChI is InChI=1S/C27H42O5/c1-16(2)12-18-13-17(3)26(31-18)11-10-24(4)14-20-22-19(8-9-21(24)26)23(29-6)32-27(22,30-7)15-25(20,5)28/h8,12,17-18,20-23,28H,9-11,13-15H2,1-7H3/b19-8+/t17-,18-,20-,21+,22+,23-,24+,25+,26-,27-/m0/s1. The normalized spacial score (nSPS) is 55.8. The maximum absolute atomic E-state index is 11.6. The van der Waals surface area contributed by atoms with Crippen LogP contribution in [0.5, 0.6) is 0 Å². The molecule has 0 unspecified atom stereocenters. The zero-order valence-corrected chi connectivity index (χ0v) is 20.9. The second-order valence-corrected chi connectivity index (χ2v) is 12.2. The Bertz CT molecular complexity index is 828. The number of hydrogen-bond donors (Lipinski definition) is 1. The summed E-state index contributed by atoms with van der Waals surface area (Å²) in [4.78, 5) is 0. The molecule has 4 fully saturated rings. The van der Waals surface area contributed by atoms with Crippen molar-refractivity contribution in [2.24, 2.45) is 29.1 Å². The lowest BCUT2D eigenvalue weighted by molar-refractivity contribution is -0.265. The van der Waals surface area contributed by atoms with Crippen molar-refractivity contribution < 1.29 is 24.1 Å². The van der Waals surface area contributed by atoms with Crippen molar-refractivity contribution in [1.29, 1.82) is 0 Å². The van der Waals surface area contributed by atoms with E-state index in [0.717, 1.165) is 37.7 Å². The topological polar surface area (TPSA) is 57.2 Å². The van der Waals surface area contributed by atoms with Crippen LogP contribution in [-0.4, -0.2) is 48.7 Å². The van der Waals surface area contributed by atoms with E-state index in [4.69, 9.17) is 18.9 Å². The molecule has 5 rings (SSSR count). The number of allylic oxidation sites excluding steroid dienone is 2. The molecule has 5 heteroatoms. The minimum atomic E-state index is -0.841. The molecule has 1 spiro atoms. The van der Waals surface area contributed by atoms with E-state index in [9.17, 15) is 5.11 Å². The molecule has 0 aromatic carbocycles. The van der Waals surface area contributed by atoms with Gasteiger partial charge in [0.05, 0.1) is 17.3 Å². The van der Waals surface area contributed by atoms with Crippen LogP contribution in [0.1, 0.15) is 73.1 Å². The van der Waals surface area contributed by atoms with Gasteiger partial charge in [-0.3, -0.25) is 0 Å². The Morgan fingerprint density at radius 3 is 2.59 bits per heavy atom. The summed E-state index contributed by atoms with van der Waals surface area (Å²) in [5.41, 5.74) is 1.66. The van der Waals surface area contributed by atoms with Gasteiger partial charge in [0.2, 0.25) is 0 Å². The molecule has 2 saturated heterocycles. The summed E-state index contributed by atoms with van der Waals surface area (Å²) in [5, 5.41) is 11.6. The van der Waals surface area contributed by atoms with Gasteiger partial charge >= 0.3 is 0 Å². The third kappa shape index (κ3) is 3.07. The fourth-order valence-corrected chi connectivity index (χ4v) is 8.50. The molecule has 0 amide bonds. The van der Waals surface area contributed by atoms with Gasteiger partial charge in [-0.1, -0.05) is 31.6 Å². The number of fused-ring (bicyclic) bond motifs is 2. The first kappa shape index (κ1) is 23.0. The van der Waals surface area contributed by atoms with E-state index < -0.39 is 17.7 Å². The van der Waals surface area contributed by atoms with Gasteiger partial charge in [-0.2, -0.15) is 0 Å². The average Bonchev–Trinajstić information content (AvgIpc) is 3.32. The number of methoxy groups -OCH3 is 2. The van der Waals surface area contributed by atoms with Crippen LogP contribution < -0.4 is 0 Å². The Kier molecular flexibility index (Phi) is 5.32. The fourth-order valence-electron chi connectivity index (χ4n) is 8.50. The third-order valence-corrected chi connectivity index (χ3v) is 9.88. The van der Waals surface area contributed by atoms with Gasteiger partial charge in [0.1, 0.15) is 0 Å². The molecule has 0 bridgehead atoms. The number of rotatable bonds is 3. The van der Waals surface area contributed by atoms with Gasteiger partial charge < -0.3 is 24.1 Å². The van der Waals surface area contributed by atoms with E-state index in [2.05, 4.69) is 39.8 Å². The predicted molar refractivity (Wildman–Crippen MR) is 123 cm³/mol. The minimum absolute atomic E-state index is 0.0297. The van der Waals surface area contributed by atoms with Crippen LogP contribution in [0, 0.1) is 29.1 Å². The van der Waals surface area contributed by atoms with E-state index in [1.165, 1.54) is 5.57 Å². The second kappa shape index (κ2) is 7.39. The molecule has 0 aromatic rings. The van der Waals surface area contributed by atoms with Crippen LogP contribution in [0.15, 0.2) is 23.3 Å². The van der Waals surface area contributed by atoms with Crippen LogP contribution in [0.25, 0.3) is 0 Å². The van der Waals surface area contributed by atoms with E-state index >= 15 is 0 Å². The Morgan fingerprint density at radius 2 is 1.94 bits per heavy atom. The third-order valence-electron chi connectivity index (χ3n) is 9.88. The van der Waals surface area contributed by atoms with Crippen LogP contribution in [0.3, 0.4) is 0 Å². The molecule has 0 radical (unpaired) electrons. The molecular formula is C27H42O5. The summed E-state index contributed by atoms with van der Waals surface area (Å²) in [6.45, 7) is 11.1.